The number of hydrogen-bond donors (Lipinski definition) is 1. The van der Waals surface area contributed by atoms with E-state index in [1.54, 1.807) is 10.9 Å². The number of β-amino-alcohol motifs (C(OH)–C–C–N with tert-alkyl or cyclic N) is 1. The monoisotopic (exact) mass is 440 g/mol. The fourth-order valence-electron chi connectivity index (χ4n) is 4.01. The normalized spacial score (nSPS) is 16.0. The third kappa shape index (κ3) is 4.71. The molecule has 2 aromatic heterocycles. The first-order valence-electron chi connectivity index (χ1n) is 10.6. The molecule has 1 unspecified atom stereocenters. The Kier molecular flexibility index (Phi) is 6.50. The SMILES string of the molecule is Cc1sc2ncn(CCC(=O)N3CCN(CC(O)c4ccccc4)CC3)c(=O)c2c1C. The van der Waals surface area contributed by atoms with Crippen molar-refractivity contribution in [3.63, 3.8) is 0 Å². The highest BCUT2D eigenvalue weighted by Crippen LogP contribution is 2.25. The molecule has 31 heavy (non-hydrogen) atoms. The zero-order chi connectivity index (χ0) is 22.0. The van der Waals surface area contributed by atoms with Crippen LogP contribution in [0.1, 0.15) is 28.5 Å². The summed E-state index contributed by atoms with van der Waals surface area (Å²) in [6.07, 6.45) is 1.31. The van der Waals surface area contributed by atoms with Crippen LogP contribution in [0.15, 0.2) is 41.5 Å². The Bertz CT molecular complexity index is 1120. The Balaban J connectivity index is 1.30. The second kappa shape index (κ2) is 9.30. The van der Waals surface area contributed by atoms with E-state index in [0.717, 1.165) is 33.9 Å². The van der Waals surface area contributed by atoms with Crippen LogP contribution in [0.25, 0.3) is 10.2 Å². The van der Waals surface area contributed by atoms with Gasteiger partial charge in [-0.1, -0.05) is 30.3 Å². The van der Waals surface area contributed by atoms with E-state index in [9.17, 15) is 14.7 Å². The molecule has 1 amide bonds. The second-order valence-corrected chi connectivity index (χ2v) is 9.27. The summed E-state index contributed by atoms with van der Waals surface area (Å²) in [5.74, 6) is 0.0495. The topological polar surface area (TPSA) is 78.7 Å². The molecule has 3 heterocycles. The molecule has 0 radical (unpaired) electrons. The average molecular weight is 441 g/mol. The fraction of sp³-hybridized carbons (Fsp3) is 0.435. The van der Waals surface area contributed by atoms with Gasteiger partial charge in [0.1, 0.15) is 4.83 Å². The van der Waals surface area contributed by atoms with Gasteiger partial charge in [0.2, 0.25) is 5.91 Å². The summed E-state index contributed by atoms with van der Waals surface area (Å²) in [6.45, 7) is 7.57. The summed E-state index contributed by atoms with van der Waals surface area (Å²) in [7, 11) is 0. The van der Waals surface area contributed by atoms with Crippen LogP contribution < -0.4 is 5.56 Å². The first kappa shape index (κ1) is 21.7. The van der Waals surface area contributed by atoms with Crippen LogP contribution in [-0.2, 0) is 11.3 Å². The number of thiophene rings is 1. The van der Waals surface area contributed by atoms with E-state index in [2.05, 4.69) is 9.88 Å². The van der Waals surface area contributed by atoms with Gasteiger partial charge in [-0.2, -0.15) is 0 Å². The molecular weight excluding hydrogens is 412 g/mol. The maximum atomic E-state index is 12.8. The molecule has 0 bridgehead atoms. The van der Waals surface area contributed by atoms with Crippen LogP contribution in [0.5, 0.6) is 0 Å². The van der Waals surface area contributed by atoms with Crippen molar-refractivity contribution in [2.24, 2.45) is 0 Å². The van der Waals surface area contributed by atoms with Gasteiger partial charge in [0.05, 0.1) is 17.8 Å². The van der Waals surface area contributed by atoms with Crippen molar-refractivity contribution in [3.05, 3.63) is 63.0 Å². The van der Waals surface area contributed by atoms with Crippen LogP contribution >= 0.6 is 11.3 Å². The zero-order valence-electron chi connectivity index (χ0n) is 18.0. The van der Waals surface area contributed by atoms with Gasteiger partial charge in [-0.15, -0.1) is 11.3 Å². The molecule has 164 valence electrons. The van der Waals surface area contributed by atoms with E-state index in [-0.39, 0.29) is 17.9 Å². The zero-order valence-corrected chi connectivity index (χ0v) is 18.8. The van der Waals surface area contributed by atoms with E-state index in [4.69, 9.17) is 0 Å². The molecule has 1 saturated heterocycles. The number of hydrogen-bond acceptors (Lipinski definition) is 6. The van der Waals surface area contributed by atoms with E-state index in [1.807, 2.05) is 49.1 Å². The number of rotatable bonds is 6. The molecule has 8 heteroatoms. The van der Waals surface area contributed by atoms with Crippen molar-refractivity contribution in [2.75, 3.05) is 32.7 Å². The first-order valence-corrected chi connectivity index (χ1v) is 11.4. The lowest BCUT2D eigenvalue weighted by Crippen LogP contribution is -2.49. The number of carbonyl (C=O) groups is 1. The van der Waals surface area contributed by atoms with Crippen molar-refractivity contribution in [3.8, 4) is 0 Å². The summed E-state index contributed by atoms with van der Waals surface area (Å²) in [5, 5.41) is 11.1. The Morgan fingerprint density at radius 3 is 2.58 bits per heavy atom. The van der Waals surface area contributed by atoms with Crippen LogP contribution in [0, 0.1) is 13.8 Å². The Hall–Kier alpha value is -2.55. The van der Waals surface area contributed by atoms with Crippen molar-refractivity contribution in [1.29, 1.82) is 0 Å². The number of aryl methyl sites for hydroxylation is 3. The summed E-state index contributed by atoms with van der Waals surface area (Å²) < 4.78 is 1.55. The molecule has 1 aromatic carbocycles. The van der Waals surface area contributed by atoms with Gasteiger partial charge in [-0.05, 0) is 25.0 Å². The minimum atomic E-state index is -0.526. The minimum absolute atomic E-state index is 0.0495. The highest BCUT2D eigenvalue weighted by molar-refractivity contribution is 7.18. The molecule has 1 aliphatic rings. The van der Waals surface area contributed by atoms with Gasteiger partial charge >= 0.3 is 0 Å². The van der Waals surface area contributed by atoms with Gasteiger partial charge in [0, 0.05) is 50.6 Å². The summed E-state index contributed by atoms with van der Waals surface area (Å²) >= 11 is 1.53. The average Bonchev–Trinajstić information content (AvgIpc) is 3.08. The number of carbonyl (C=O) groups excluding carboxylic acids is 1. The van der Waals surface area contributed by atoms with E-state index in [1.165, 1.54) is 11.3 Å². The number of piperazine rings is 1. The van der Waals surface area contributed by atoms with Gasteiger partial charge < -0.3 is 10.0 Å². The smallest absolute Gasteiger partial charge is 0.262 e. The maximum Gasteiger partial charge on any atom is 0.262 e. The number of fused-ring (bicyclic) bond motifs is 1. The number of amides is 1. The molecule has 0 saturated carbocycles. The summed E-state index contributed by atoms with van der Waals surface area (Å²) in [5.41, 5.74) is 1.82. The van der Waals surface area contributed by atoms with Crippen LogP contribution in [0.3, 0.4) is 0 Å². The largest absolute Gasteiger partial charge is 0.387 e. The van der Waals surface area contributed by atoms with Crippen LogP contribution in [0.2, 0.25) is 0 Å². The Morgan fingerprint density at radius 1 is 1.16 bits per heavy atom. The Labute approximate surface area is 185 Å². The lowest BCUT2D eigenvalue weighted by atomic mass is 10.1. The van der Waals surface area contributed by atoms with Crippen molar-refractivity contribution < 1.29 is 9.90 Å². The van der Waals surface area contributed by atoms with E-state index in [0.29, 0.717) is 31.6 Å². The summed E-state index contributed by atoms with van der Waals surface area (Å²) in [6, 6.07) is 9.64. The van der Waals surface area contributed by atoms with Crippen molar-refractivity contribution in [1.82, 2.24) is 19.4 Å². The highest BCUT2D eigenvalue weighted by atomic mass is 32.1. The number of aliphatic hydroxyl groups excluding tert-OH is 1. The number of benzene rings is 1. The Morgan fingerprint density at radius 2 is 1.87 bits per heavy atom. The molecule has 0 aliphatic carbocycles. The maximum absolute atomic E-state index is 12.8. The molecular formula is C23H28N4O3S. The second-order valence-electron chi connectivity index (χ2n) is 8.06. The van der Waals surface area contributed by atoms with Gasteiger partial charge in [0.25, 0.3) is 5.56 Å². The van der Waals surface area contributed by atoms with Gasteiger partial charge in [0.15, 0.2) is 0 Å². The number of nitrogens with zero attached hydrogens (tertiary/aromatic N) is 4. The molecule has 1 atom stereocenters. The lowest BCUT2D eigenvalue weighted by molar-refractivity contribution is -0.133. The van der Waals surface area contributed by atoms with Gasteiger partial charge in [-0.25, -0.2) is 4.98 Å². The van der Waals surface area contributed by atoms with Crippen LogP contribution in [0.4, 0.5) is 0 Å². The standard InChI is InChI=1S/C23H28N4O3S/c1-16-17(2)31-22-21(16)23(30)27(15-24-22)9-8-20(29)26-12-10-25(11-13-26)14-19(28)18-6-4-3-5-7-18/h3-7,15,19,28H,8-14H2,1-2H3. The van der Waals surface area contributed by atoms with Crippen molar-refractivity contribution >= 4 is 27.5 Å². The number of aliphatic hydroxyl groups is 1. The fourth-order valence-corrected chi connectivity index (χ4v) is 5.00. The molecule has 1 N–H and O–H groups in total. The molecule has 4 rings (SSSR count). The quantitative estimate of drug-likeness (QED) is 0.637. The molecule has 7 nitrogen and oxygen atoms in total. The van der Waals surface area contributed by atoms with E-state index >= 15 is 0 Å². The first-order chi connectivity index (χ1) is 14.9. The molecule has 1 fully saturated rings. The molecule has 3 aromatic rings. The minimum Gasteiger partial charge on any atom is -0.387 e. The van der Waals surface area contributed by atoms with E-state index < -0.39 is 6.10 Å². The highest BCUT2D eigenvalue weighted by Gasteiger charge is 2.23. The van der Waals surface area contributed by atoms with Gasteiger partial charge in [-0.3, -0.25) is 19.1 Å². The van der Waals surface area contributed by atoms with Crippen molar-refractivity contribution in [2.45, 2.75) is 32.9 Å². The molecule has 0 spiro atoms. The third-order valence-corrected chi connectivity index (χ3v) is 7.18. The van der Waals surface area contributed by atoms with Crippen LogP contribution in [-0.4, -0.2) is 63.1 Å². The molecule has 1 aliphatic heterocycles. The predicted molar refractivity (Wildman–Crippen MR) is 122 cm³/mol. The number of aromatic nitrogens is 2. The third-order valence-electron chi connectivity index (χ3n) is 6.06. The predicted octanol–water partition coefficient (Wildman–Crippen LogP) is 2.34. The lowest BCUT2D eigenvalue weighted by Gasteiger charge is -2.35. The summed E-state index contributed by atoms with van der Waals surface area (Å²) in [4.78, 5) is 35.8.